The maximum Gasteiger partial charge on any atom is 0.275 e. The number of Topliss-reactive ketones (excluding diaryl/α,β-unsaturated/α-hetero) is 1. The number of nitrogens with zero attached hydrogens (tertiary/aromatic N) is 3. The second-order valence-electron chi connectivity index (χ2n) is 7.52. The lowest BCUT2D eigenvalue weighted by Gasteiger charge is -2.39. The maximum absolute atomic E-state index is 13.7. The fourth-order valence-electron chi connectivity index (χ4n) is 4.35. The standard InChI is InChI=1S/C23H25N3O2/c1-3-8-17-11-7-12-20(16-9-5-4-6-10-16)26(17)23(28)22-19-15-18(27)13-14-21(19)25(2)24-22/h3-7,9-10,12,17,20H,1,8,11,13-15H2,2H3/t17-,20+/m1/s1. The highest BCUT2D eigenvalue weighted by Gasteiger charge is 2.36. The van der Waals surface area contributed by atoms with Gasteiger partial charge in [-0.2, -0.15) is 5.10 Å². The molecule has 0 saturated heterocycles. The molecule has 2 aromatic rings. The molecule has 5 heteroatoms. The number of carbonyl (C=O) groups is 2. The fraction of sp³-hybridized carbons (Fsp3) is 0.348. The number of carbonyl (C=O) groups excluding carboxylic acids is 2. The van der Waals surface area contributed by atoms with Crippen molar-refractivity contribution in [2.75, 3.05) is 0 Å². The summed E-state index contributed by atoms with van der Waals surface area (Å²) in [7, 11) is 1.86. The lowest BCUT2D eigenvalue weighted by Crippen LogP contribution is -2.44. The summed E-state index contributed by atoms with van der Waals surface area (Å²) >= 11 is 0. The van der Waals surface area contributed by atoms with Crippen molar-refractivity contribution < 1.29 is 9.59 Å². The molecule has 0 N–H and O–H groups in total. The van der Waals surface area contributed by atoms with Crippen LogP contribution in [0, 0.1) is 0 Å². The third-order valence-corrected chi connectivity index (χ3v) is 5.73. The first-order valence-electron chi connectivity index (χ1n) is 9.81. The van der Waals surface area contributed by atoms with Crippen LogP contribution in [-0.4, -0.2) is 32.4 Å². The van der Waals surface area contributed by atoms with Gasteiger partial charge in [0.1, 0.15) is 5.78 Å². The molecule has 0 saturated carbocycles. The summed E-state index contributed by atoms with van der Waals surface area (Å²) in [4.78, 5) is 27.7. The number of aromatic nitrogens is 2. The van der Waals surface area contributed by atoms with Crippen molar-refractivity contribution in [3.05, 3.63) is 77.7 Å². The second kappa shape index (κ2) is 7.58. The quantitative estimate of drug-likeness (QED) is 0.768. The van der Waals surface area contributed by atoms with Crippen molar-refractivity contribution in [1.82, 2.24) is 14.7 Å². The summed E-state index contributed by atoms with van der Waals surface area (Å²) in [5.41, 5.74) is 3.31. The molecular weight excluding hydrogens is 350 g/mol. The number of rotatable bonds is 4. The molecule has 28 heavy (non-hydrogen) atoms. The van der Waals surface area contributed by atoms with Gasteiger partial charge in [-0.1, -0.05) is 48.6 Å². The monoisotopic (exact) mass is 375 g/mol. The van der Waals surface area contributed by atoms with Crippen LogP contribution < -0.4 is 0 Å². The zero-order valence-corrected chi connectivity index (χ0v) is 16.2. The van der Waals surface area contributed by atoms with Gasteiger partial charge in [0.15, 0.2) is 5.69 Å². The minimum atomic E-state index is -0.149. The Morgan fingerprint density at radius 3 is 2.82 bits per heavy atom. The van der Waals surface area contributed by atoms with Crippen LogP contribution in [0.1, 0.15) is 52.6 Å². The molecule has 4 rings (SSSR count). The molecule has 2 aliphatic rings. The minimum Gasteiger partial charge on any atom is -0.323 e. The van der Waals surface area contributed by atoms with E-state index in [1.807, 2.05) is 48.4 Å². The molecule has 1 amide bonds. The lowest BCUT2D eigenvalue weighted by molar-refractivity contribution is -0.118. The van der Waals surface area contributed by atoms with Gasteiger partial charge in [-0.15, -0.1) is 6.58 Å². The Bertz CT molecular complexity index is 942. The first-order valence-corrected chi connectivity index (χ1v) is 9.81. The van der Waals surface area contributed by atoms with Gasteiger partial charge in [0.25, 0.3) is 5.91 Å². The van der Waals surface area contributed by atoms with E-state index in [4.69, 9.17) is 0 Å². The van der Waals surface area contributed by atoms with Gasteiger partial charge >= 0.3 is 0 Å². The van der Waals surface area contributed by atoms with Crippen LogP contribution in [-0.2, 0) is 24.7 Å². The first kappa shape index (κ1) is 18.4. The van der Waals surface area contributed by atoms with Crippen molar-refractivity contribution in [2.24, 2.45) is 7.05 Å². The van der Waals surface area contributed by atoms with Crippen LogP contribution in [0.25, 0.3) is 0 Å². The van der Waals surface area contributed by atoms with Crippen LogP contribution >= 0.6 is 0 Å². The van der Waals surface area contributed by atoms with Crippen molar-refractivity contribution in [3.8, 4) is 0 Å². The molecule has 5 nitrogen and oxygen atoms in total. The van der Waals surface area contributed by atoms with Crippen LogP contribution in [0.5, 0.6) is 0 Å². The van der Waals surface area contributed by atoms with Crippen molar-refractivity contribution in [1.29, 1.82) is 0 Å². The zero-order valence-electron chi connectivity index (χ0n) is 16.2. The summed E-state index contributed by atoms with van der Waals surface area (Å²) < 4.78 is 1.77. The molecule has 1 aliphatic heterocycles. The molecular formula is C23H25N3O2. The normalized spacial score (nSPS) is 21.5. The van der Waals surface area contributed by atoms with Gasteiger partial charge in [-0.3, -0.25) is 14.3 Å². The van der Waals surface area contributed by atoms with E-state index in [1.54, 1.807) is 4.68 Å². The average molecular weight is 375 g/mol. The van der Waals surface area contributed by atoms with Gasteiger partial charge < -0.3 is 4.90 Å². The van der Waals surface area contributed by atoms with Crippen LogP contribution in [0.4, 0.5) is 0 Å². The Balaban J connectivity index is 1.77. The minimum absolute atomic E-state index is 0.0251. The van der Waals surface area contributed by atoms with Crippen LogP contribution in [0.3, 0.4) is 0 Å². The molecule has 0 unspecified atom stereocenters. The summed E-state index contributed by atoms with van der Waals surface area (Å²) in [5, 5.41) is 4.55. The molecule has 2 atom stereocenters. The van der Waals surface area contributed by atoms with E-state index in [2.05, 4.69) is 23.8 Å². The lowest BCUT2D eigenvalue weighted by atomic mass is 9.91. The molecule has 144 valence electrons. The molecule has 0 bridgehead atoms. The molecule has 2 heterocycles. The van der Waals surface area contributed by atoms with Crippen molar-refractivity contribution in [3.63, 3.8) is 0 Å². The Labute approximate surface area is 165 Å². The number of amides is 1. The van der Waals surface area contributed by atoms with E-state index in [-0.39, 0.29) is 23.8 Å². The Morgan fingerprint density at radius 1 is 1.29 bits per heavy atom. The summed E-state index contributed by atoms with van der Waals surface area (Å²) in [6, 6.07) is 9.92. The van der Waals surface area contributed by atoms with Gasteiger partial charge in [0.05, 0.1) is 6.04 Å². The highest BCUT2D eigenvalue weighted by molar-refractivity contribution is 5.97. The van der Waals surface area contributed by atoms with E-state index >= 15 is 0 Å². The third kappa shape index (κ3) is 3.21. The number of ketones is 1. The smallest absolute Gasteiger partial charge is 0.275 e. The number of hydrogen-bond donors (Lipinski definition) is 0. The van der Waals surface area contributed by atoms with E-state index in [1.165, 1.54) is 0 Å². The van der Waals surface area contributed by atoms with Crippen LogP contribution in [0.15, 0.2) is 55.1 Å². The van der Waals surface area contributed by atoms with Crippen molar-refractivity contribution in [2.45, 2.75) is 44.2 Å². The molecule has 1 aliphatic carbocycles. The van der Waals surface area contributed by atoms with Gasteiger partial charge in [0, 0.05) is 37.2 Å². The third-order valence-electron chi connectivity index (χ3n) is 5.73. The summed E-state index contributed by atoms with van der Waals surface area (Å²) in [5.74, 6) is 0.0759. The molecule has 0 fully saturated rings. The van der Waals surface area contributed by atoms with E-state index < -0.39 is 0 Å². The van der Waals surface area contributed by atoms with E-state index in [9.17, 15) is 9.59 Å². The summed E-state index contributed by atoms with van der Waals surface area (Å²) in [6.45, 7) is 3.88. The molecule has 0 radical (unpaired) electrons. The maximum atomic E-state index is 13.7. The average Bonchev–Trinajstić information content (AvgIpc) is 3.04. The highest BCUT2D eigenvalue weighted by Crippen LogP contribution is 2.34. The number of fused-ring (bicyclic) bond motifs is 1. The zero-order chi connectivity index (χ0) is 19.7. The first-order chi connectivity index (χ1) is 13.6. The predicted octanol–water partition coefficient (Wildman–Crippen LogP) is 3.57. The SMILES string of the molecule is C=CC[C@@H]1CC=C[C@@H](c2ccccc2)N1C(=O)c1nn(C)c2c1CC(=O)CC2. The van der Waals surface area contributed by atoms with Gasteiger partial charge in [-0.05, 0) is 24.8 Å². The molecule has 1 aromatic carbocycles. The Kier molecular flexibility index (Phi) is 4.99. The predicted molar refractivity (Wildman–Crippen MR) is 108 cm³/mol. The Hall–Kier alpha value is -2.95. The Morgan fingerprint density at radius 2 is 2.07 bits per heavy atom. The number of benzene rings is 1. The highest BCUT2D eigenvalue weighted by atomic mass is 16.2. The summed E-state index contributed by atoms with van der Waals surface area (Å²) in [6.07, 6.45) is 9.09. The number of aryl methyl sites for hydroxylation is 1. The van der Waals surface area contributed by atoms with Crippen molar-refractivity contribution >= 4 is 11.7 Å². The second-order valence-corrected chi connectivity index (χ2v) is 7.52. The number of hydrogen-bond acceptors (Lipinski definition) is 3. The van der Waals surface area contributed by atoms with Gasteiger partial charge in [0.2, 0.25) is 0 Å². The fourth-order valence-corrected chi connectivity index (χ4v) is 4.35. The van der Waals surface area contributed by atoms with E-state index in [0.717, 1.165) is 23.2 Å². The topological polar surface area (TPSA) is 55.2 Å². The van der Waals surface area contributed by atoms with E-state index in [0.29, 0.717) is 31.4 Å². The van der Waals surface area contributed by atoms with Gasteiger partial charge in [-0.25, -0.2) is 0 Å². The largest absolute Gasteiger partial charge is 0.323 e. The molecule has 0 spiro atoms. The molecule has 1 aromatic heterocycles. The van der Waals surface area contributed by atoms with Crippen LogP contribution in [0.2, 0.25) is 0 Å².